The van der Waals surface area contributed by atoms with Crippen molar-refractivity contribution in [1.82, 2.24) is 19.8 Å². The number of aromatic nitrogens is 2. The van der Waals surface area contributed by atoms with E-state index < -0.39 is 0 Å². The summed E-state index contributed by atoms with van der Waals surface area (Å²) in [6.45, 7) is 9.89. The van der Waals surface area contributed by atoms with Crippen LogP contribution in [0.1, 0.15) is 52.3 Å². The van der Waals surface area contributed by atoms with Crippen molar-refractivity contribution in [3.8, 4) is 0 Å². The molecule has 0 saturated carbocycles. The highest BCUT2D eigenvalue weighted by atomic mass is 15.1. The van der Waals surface area contributed by atoms with Crippen molar-refractivity contribution in [2.75, 3.05) is 20.1 Å². The molecule has 0 aliphatic carbocycles. The van der Waals surface area contributed by atoms with Crippen molar-refractivity contribution in [3.63, 3.8) is 0 Å². The van der Waals surface area contributed by atoms with Crippen LogP contribution in [0, 0.1) is 0 Å². The fraction of sp³-hybridized carbons (Fsp3) is 0.812. The van der Waals surface area contributed by atoms with E-state index in [1.54, 1.807) is 0 Å². The molecule has 1 heterocycles. The number of imidazole rings is 1. The second-order valence-electron chi connectivity index (χ2n) is 6.78. The molecule has 0 aliphatic heterocycles. The van der Waals surface area contributed by atoms with Crippen molar-refractivity contribution in [3.05, 3.63) is 18.2 Å². The van der Waals surface area contributed by atoms with E-state index >= 15 is 0 Å². The molecule has 0 bridgehead atoms. The summed E-state index contributed by atoms with van der Waals surface area (Å²) in [7, 11) is 4.23. The number of nitrogens with zero attached hydrogens (tertiary/aromatic N) is 3. The van der Waals surface area contributed by atoms with E-state index in [9.17, 15) is 0 Å². The van der Waals surface area contributed by atoms with Crippen LogP contribution in [0.4, 0.5) is 0 Å². The third kappa shape index (κ3) is 7.65. The molecule has 0 aliphatic rings. The van der Waals surface area contributed by atoms with Gasteiger partial charge in [0, 0.05) is 25.0 Å². The lowest BCUT2D eigenvalue weighted by atomic mass is 10.1. The lowest BCUT2D eigenvalue weighted by Crippen LogP contribution is -2.36. The average molecular weight is 280 g/mol. The summed E-state index contributed by atoms with van der Waals surface area (Å²) in [5, 5.41) is 3.54. The summed E-state index contributed by atoms with van der Waals surface area (Å²) in [5.74, 6) is 1.14. The molecule has 0 spiro atoms. The minimum absolute atomic E-state index is 0.252. The van der Waals surface area contributed by atoms with Gasteiger partial charge in [0.15, 0.2) is 0 Å². The minimum atomic E-state index is 0.252. The van der Waals surface area contributed by atoms with Gasteiger partial charge in [-0.2, -0.15) is 0 Å². The molecule has 0 fully saturated rings. The number of unbranched alkanes of at least 4 members (excludes halogenated alkanes) is 3. The maximum absolute atomic E-state index is 4.36. The average Bonchev–Trinajstić information content (AvgIpc) is 2.72. The number of nitrogens with one attached hydrogen (secondary N) is 1. The van der Waals surface area contributed by atoms with Crippen LogP contribution < -0.4 is 5.32 Å². The van der Waals surface area contributed by atoms with Gasteiger partial charge < -0.3 is 9.88 Å². The number of rotatable bonds is 9. The number of aryl methyl sites for hydroxylation is 1. The maximum Gasteiger partial charge on any atom is 0.122 e. The normalized spacial score (nSPS) is 12.3. The van der Waals surface area contributed by atoms with Gasteiger partial charge in [0.05, 0.1) is 6.54 Å². The van der Waals surface area contributed by atoms with Crippen LogP contribution in [0.2, 0.25) is 0 Å². The maximum atomic E-state index is 4.36. The van der Waals surface area contributed by atoms with Crippen molar-refractivity contribution in [2.45, 2.75) is 58.5 Å². The van der Waals surface area contributed by atoms with Gasteiger partial charge in [-0.25, -0.2) is 4.98 Å². The Labute approximate surface area is 124 Å². The predicted molar refractivity (Wildman–Crippen MR) is 85.8 cm³/mol. The molecular weight excluding hydrogens is 248 g/mol. The van der Waals surface area contributed by atoms with E-state index in [1.807, 2.05) is 12.4 Å². The van der Waals surface area contributed by atoms with Crippen LogP contribution in [0.25, 0.3) is 0 Å². The molecule has 0 atom stereocenters. The van der Waals surface area contributed by atoms with Crippen LogP contribution in [0.15, 0.2) is 12.4 Å². The molecule has 4 heteroatoms. The SMILES string of the molecule is CN(CCCCCCNC(C)(C)C)Cc1nccn1C. The topological polar surface area (TPSA) is 33.1 Å². The second kappa shape index (κ2) is 8.42. The Morgan fingerprint density at radius 2 is 1.90 bits per heavy atom. The molecule has 1 N–H and O–H groups in total. The number of hydrogen-bond donors (Lipinski definition) is 1. The fourth-order valence-corrected chi connectivity index (χ4v) is 2.19. The Balaban J connectivity index is 2.00. The zero-order valence-corrected chi connectivity index (χ0v) is 13.9. The molecule has 0 radical (unpaired) electrons. The van der Waals surface area contributed by atoms with E-state index in [1.165, 1.54) is 25.7 Å². The summed E-state index contributed by atoms with van der Waals surface area (Å²) in [6, 6.07) is 0. The summed E-state index contributed by atoms with van der Waals surface area (Å²) < 4.78 is 2.09. The molecule has 1 aromatic heterocycles. The van der Waals surface area contributed by atoms with Gasteiger partial charge in [-0.05, 0) is 53.8 Å². The van der Waals surface area contributed by atoms with Crippen molar-refractivity contribution in [1.29, 1.82) is 0 Å². The van der Waals surface area contributed by atoms with Crippen LogP contribution >= 0.6 is 0 Å². The molecule has 0 aromatic carbocycles. The monoisotopic (exact) mass is 280 g/mol. The standard InChI is InChI=1S/C16H32N4/c1-16(2,3)18-10-8-6-7-9-12-19(4)14-15-17-11-13-20(15)5/h11,13,18H,6-10,12,14H2,1-5H3. The van der Waals surface area contributed by atoms with E-state index in [0.29, 0.717) is 0 Å². The minimum Gasteiger partial charge on any atom is -0.337 e. The molecule has 1 aromatic rings. The first-order valence-corrected chi connectivity index (χ1v) is 7.78. The Morgan fingerprint density at radius 3 is 2.50 bits per heavy atom. The molecule has 20 heavy (non-hydrogen) atoms. The highest BCUT2D eigenvalue weighted by Crippen LogP contribution is 2.05. The van der Waals surface area contributed by atoms with Gasteiger partial charge in [-0.3, -0.25) is 4.90 Å². The first kappa shape index (κ1) is 17.2. The summed E-state index contributed by atoms with van der Waals surface area (Å²) in [4.78, 5) is 6.72. The molecule has 0 unspecified atom stereocenters. The summed E-state index contributed by atoms with van der Waals surface area (Å²) in [5.41, 5.74) is 0.252. The Hall–Kier alpha value is -0.870. The highest BCUT2D eigenvalue weighted by molar-refractivity contribution is 4.90. The molecule has 0 saturated heterocycles. The Kier molecular flexibility index (Phi) is 7.24. The molecular formula is C16H32N4. The third-order valence-corrected chi connectivity index (χ3v) is 3.45. The van der Waals surface area contributed by atoms with Crippen LogP contribution in [0.5, 0.6) is 0 Å². The first-order chi connectivity index (χ1) is 9.38. The lowest BCUT2D eigenvalue weighted by Gasteiger charge is -2.20. The number of hydrogen-bond acceptors (Lipinski definition) is 3. The molecule has 1 rings (SSSR count). The summed E-state index contributed by atoms with van der Waals surface area (Å²) >= 11 is 0. The van der Waals surface area contributed by atoms with E-state index in [0.717, 1.165) is 25.5 Å². The zero-order valence-electron chi connectivity index (χ0n) is 13.9. The lowest BCUT2D eigenvalue weighted by molar-refractivity contribution is 0.305. The van der Waals surface area contributed by atoms with Crippen LogP contribution in [-0.2, 0) is 13.6 Å². The van der Waals surface area contributed by atoms with Gasteiger partial charge in [0.1, 0.15) is 5.82 Å². The third-order valence-electron chi connectivity index (χ3n) is 3.45. The zero-order chi connectivity index (χ0) is 15.0. The second-order valence-corrected chi connectivity index (χ2v) is 6.78. The van der Waals surface area contributed by atoms with Gasteiger partial charge in [0.25, 0.3) is 0 Å². The predicted octanol–water partition coefficient (Wildman–Crippen LogP) is 2.80. The van der Waals surface area contributed by atoms with Gasteiger partial charge in [-0.1, -0.05) is 12.8 Å². The van der Waals surface area contributed by atoms with E-state index in [2.05, 4.69) is 54.6 Å². The Bertz CT molecular complexity index is 365. The summed E-state index contributed by atoms with van der Waals surface area (Å²) in [6.07, 6.45) is 9.06. The van der Waals surface area contributed by atoms with E-state index in [4.69, 9.17) is 0 Å². The van der Waals surface area contributed by atoms with Crippen molar-refractivity contribution < 1.29 is 0 Å². The van der Waals surface area contributed by atoms with Gasteiger partial charge >= 0.3 is 0 Å². The van der Waals surface area contributed by atoms with Gasteiger partial charge in [-0.15, -0.1) is 0 Å². The fourth-order valence-electron chi connectivity index (χ4n) is 2.19. The van der Waals surface area contributed by atoms with Crippen molar-refractivity contribution in [2.24, 2.45) is 7.05 Å². The Morgan fingerprint density at radius 1 is 1.20 bits per heavy atom. The van der Waals surface area contributed by atoms with E-state index in [-0.39, 0.29) is 5.54 Å². The van der Waals surface area contributed by atoms with Crippen molar-refractivity contribution >= 4 is 0 Å². The molecule has 116 valence electrons. The highest BCUT2D eigenvalue weighted by Gasteiger charge is 2.07. The van der Waals surface area contributed by atoms with Gasteiger partial charge in [0.2, 0.25) is 0 Å². The quantitative estimate of drug-likeness (QED) is 0.706. The van der Waals surface area contributed by atoms with Crippen LogP contribution in [0.3, 0.4) is 0 Å². The van der Waals surface area contributed by atoms with Crippen LogP contribution in [-0.4, -0.2) is 40.1 Å². The largest absolute Gasteiger partial charge is 0.337 e. The molecule has 4 nitrogen and oxygen atoms in total. The molecule has 0 amide bonds. The first-order valence-electron chi connectivity index (χ1n) is 7.78. The smallest absolute Gasteiger partial charge is 0.122 e.